The zero-order chi connectivity index (χ0) is 40.3. The van der Waals surface area contributed by atoms with Crippen molar-refractivity contribution in [2.45, 2.75) is 252 Å². The second-order valence-corrected chi connectivity index (χ2v) is 17.0. The van der Waals surface area contributed by atoms with Gasteiger partial charge in [0.05, 0.1) is 25.0 Å². The summed E-state index contributed by atoms with van der Waals surface area (Å²) in [7, 11) is 0. The van der Waals surface area contributed by atoms with Crippen molar-refractivity contribution in [2.24, 2.45) is 11.8 Å². The van der Waals surface area contributed by atoms with Gasteiger partial charge in [0.15, 0.2) is 0 Å². The summed E-state index contributed by atoms with van der Waals surface area (Å²) in [5, 5.41) is 9.44. The number of hydrogen-bond donors (Lipinski definition) is 1. The van der Waals surface area contributed by atoms with E-state index >= 15 is 0 Å². The molecule has 0 heterocycles. The molecule has 0 saturated carbocycles. The van der Waals surface area contributed by atoms with Crippen molar-refractivity contribution in [3.8, 4) is 0 Å². The molecule has 0 rings (SSSR count). The van der Waals surface area contributed by atoms with E-state index in [1.807, 2.05) is 0 Å². The number of nitrogens with zero attached hydrogens (tertiary/aromatic N) is 1. The summed E-state index contributed by atoms with van der Waals surface area (Å²) in [6.07, 6.45) is 41.2. The highest BCUT2D eigenvalue weighted by molar-refractivity contribution is 5.72. The molecule has 1 N–H and O–H groups in total. The summed E-state index contributed by atoms with van der Waals surface area (Å²) >= 11 is 0. The van der Waals surface area contributed by atoms with Gasteiger partial charge in [0.25, 0.3) is 0 Å². The first-order chi connectivity index (χ1) is 27.0. The number of ether oxygens (including phenoxy) is 2. The van der Waals surface area contributed by atoms with Crippen molar-refractivity contribution in [2.75, 3.05) is 39.5 Å². The molecule has 0 aliphatic heterocycles. The van der Waals surface area contributed by atoms with Crippen molar-refractivity contribution in [3.05, 3.63) is 0 Å². The zero-order valence-corrected chi connectivity index (χ0v) is 37.7. The number of aliphatic hydroxyl groups excluding tert-OH is 1. The van der Waals surface area contributed by atoms with Crippen LogP contribution in [0.5, 0.6) is 0 Å². The van der Waals surface area contributed by atoms with Gasteiger partial charge in [0, 0.05) is 13.2 Å². The lowest BCUT2D eigenvalue weighted by molar-refractivity contribution is -0.150. The Morgan fingerprint density at radius 1 is 0.382 bits per heavy atom. The van der Waals surface area contributed by atoms with E-state index in [-0.39, 0.29) is 30.4 Å². The Morgan fingerprint density at radius 2 is 0.655 bits per heavy atom. The van der Waals surface area contributed by atoms with Gasteiger partial charge in [0.2, 0.25) is 0 Å². The van der Waals surface area contributed by atoms with Gasteiger partial charge in [-0.1, -0.05) is 195 Å². The maximum Gasteiger partial charge on any atom is 0.308 e. The largest absolute Gasteiger partial charge is 0.465 e. The third-order valence-corrected chi connectivity index (χ3v) is 11.6. The van der Waals surface area contributed by atoms with Crippen molar-refractivity contribution in [1.82, 2.24) is 4.90 Å². The van der Waals surface area contributed by atoms with Crippen molar-refractivity contribution in [1.29, 1.82) is 0 Å². The van der Waals surface area contributed by atoms with E-state index in [1.165, 1.54) is 141 Å². The average molecular weight is 780 g/mol. The minimum absolute atomic E-state index is 0.0563. The molecule has 2 atom stereocenters. The van der Waals surface area contributed by atoms with E-state index < -0.39 is 0 Å². The molecule has 0 aromatic rings. The summed E-state index contributed by atoms with van der Waals surface area (Å²) in [5.74, 6) is 0.309. The molecule has 0 bridgehead atoms. The fraction of sp³-hybridized carbons (Fsp3) is 0.959. The van der Waals surface area contributed by atoms with Crippen LogP contribution in [0.15, 0.2) is 0 Å². The minimum Gasteiger partial charge on any atom is -0.465 e. The van der Waals surface area contributed by atoms with E-state index in [0.717, 1.165) is 103 Å². The maximum absolute atomic E-state index is 12.9. The van der Waals surface area contributed by atoms with E-state index in [9.17, 15) is 14.7 Å². The number of hydrogen-bond acceptors (Lipinski definition) is 6. The minimum atomic E-state index is 0.0563. The lowest BCUT2D eigenvalue weighted by Crippen LogP contribution is -2.28. The van der Waals surface area contributed by atoms with Crippen LogP contribution in [0.1, 0.15) is 252 Å². The Labute approximate surface area is 343 Å². The molecule has 328 valence electrons. The number of rotatable bonds is 45. The van der Waals surface area contributed by atoms with Crippen LogP contribution in [-0.4, -0.2) is 61.4 Å². The first-order valence-electron chi connectivity index (χ1n) is 24.7. The molecule has 0 radical (unpaired) electrons. The Kier molecular flexibility index (Phi) is 43.1. The predicted octanol–water partition coefficient (Wildman–Crippen LogP) is 14.3. The third-order valence-electron chi connectivity index (χ3n) is 11.6. The van der Waals surface area contributed by atoms with Crippen LogP contribution in [0.3, 0.4) is 0 Å². The van der Waals surface area contributed by atoms with Crippen LogP contribution in [0.4, 0.5) is 0 Å². The molecular weight excluding hydrogens is 683 g/mol. The summed E-state index contributed by atoms with van der Waals surface area (Å²) in [4.78, 5) is 28.4. The molecule has 0 aliphatic carbocycles. The molecule has 0 amide bonds. The van der Waals surface area contributed by atoms with Gasteiger partial charge in [-0.2, -0.15) is 0 Å². The van der Waals surface area contributed by atoms with Crippen LogP contribution in [0, 0.1) is 11.8 Å². The highest BCUT2D eigenvalue weighted by Gasteiger charge is 2.20. The molecule has 55 heavy (non-hydrogen) atoms. The van der Waals surface area contributed by atoms with Crippen molar-refractivity contribution in [3.63, 3.8) is 0 Å². The summed E-state index contributed by atoms with van der Waals surface area (Å²) in [6.45, 7) is 13.6. The van der Waals surface area contributed by atoms with Crippen molar-refractivity contribution < 1.29 is 24.2 Å². The Hall–Kier alpha value is -1.14. The van der Waals surface area contributed by atoms with Crippen LogP contribution >= 0.6 is 0 Å². The lowest BCUT2D eigenvalue weighted by Gasteiger charge is -2.22. The van der Waals surface area contributed by atoms with Crippen LogP contribution in [0.25, 0.3) is 0 Å². The quantitative estimate of drug-likeness (QED) is 0.0490. The van der Waals surface area contributed by atoms with Gasteiger partial charge in [0.1, 0.15) is 0 Å². The number of carbonyl (C=O) groups excluding carboxylic acids is 2. The molecule has 0 aromatic carbocycles. The van der Waals surface area contributed by atoms with Crippen LogP contribution < -0.4 is 0 Å². The fourth-order valence-corrected chi connectivity index (χ4v) is 7.88. The Balaban J connectivity index is 4.18. The molecule has 0 spiro atoms. The first kappa shape index (κ1) is 53.9. The smallest absolute Gasteiger partial charge is 0.308 e. The van der Waals surface area contributed by atoms with Crippen LogP contribution in [-0.2, 0) is 19.1 Å². The molecule has 0 aliphatic rings. The first-order valence-corrected chi connectivity index (χ1v) is 24.7. The summed E-state index contributed by atoms with van der Waals surface area (Å²) in [5.41, 5.74) is 0. The summed E-state index contributed by atoms with van der Waals surface area (Å²) in [6, 6.07) is 0. The Bertz CT molecular complexity index is 791. The normalized spacial score (nSPS) is 12.7. The highest BCUT2D eigenvalue weighted by atomic mass is 16.5. The lowest BCUT2D eigenvalue weighted by atomic mass is 9.94. The summed E-state index contributed by atoms with van der Waals surface area (Å²) < 4.78 is 11.6. The molecule has 0 saturated heterocycles. The van der Waals surface area contributed by atoms with E-state index in [2.05, 4.69) is 32.6 Å². The molecule has 0 aromatic heterocycles. The zero-order valence-electron chi connectivity index (χ0n) is 37.7. The van der Waals surface area contributed by atoms with Gasteiger partial charge in [-0.05, 0) is 70.9 Å². The standard InChI is InChI=1S/C49H97NO5/c1-5-9-13-16-18-22-30-38-46(36-27-12-8-4)48(52)54-44-33-25-19-23-31-40-50(42-35-43-51)41-32-24-20-26-34-45-55-49(53)47(37-28-15-11-7-3)39-29-21-17-14-10-6-2/h46-47,51H,5-45H2,1-4H3. The van der Waals surface area contributed by atoms with Gasteiger partial charge < -0.3 is 19.5 Å². The van der Waals surface area contributed by atoms with Crippen LogP contribution in [0.2, 0.25) is 0 Å². The van der Waals surface area contributed by atoms with E-state index in [4.69, 9.17) is 9.47 Å². The van der Waals surface area contributed by atoms with Gasteiger partial charge in [-0.3, -0.25) is 9.59 Å². The monoisotopic (exact) mass is 780 g/mol. The van der Waals surface area contributed by atoms with Crippen molar-refractivity contribution >= 4 is 11.9 Å². The molecule has 6 heteroatoms. The number of aliphatic hydroxyl groups is 1. The average Bonchev–Trinajstić information content (AvgIpc) is 3.19. The van der Waals surface area contributed by atoms with E-state index in [0.29, 0.717) is 13.2 Å². The fourth-order valence-electron chi connectivity index (χ4n) is 7.88. The van der Waals surface area contributed by atoms with Gasteiger partial charge in [-0.25, -0.2) is 0 Å². The molecular formula is C49H97NO5. The molecule has 6 nitrogen and oxygen atoms in total. The van der Waals surface area contributed by atoms with Gasteiger partial charge >= 0.3 is 11.9 Å². The topological polar surface area (TPSA) is 76.1 Å². The number of esters is 2. The predicted molar refractivity (Wildman–Crippen MR) is 237 cm³/mol. The number of carbonyl (C=O) groups is 2. The Morgan fingerprint density at radius 3 is 1.04 bits per heavy atom. The molecule has 0 fully saturated rings. The third kappa shape index (κ3) is 36.9. The molecule has 2 unspecified atom stereocenters. The van der Waals surface area contributed by atoms with E-state index in [1.54, 1.807) is 0 Å². The number of unbranched alkanes of at least 4 members (excludes halogenated alkanes) is 24. The maximum atomic E-state index is 12.9. The second kappa shape index (κ2) is 44.0. The SMILES string of the molecule is CCCCCCCCCC(CCCCC)C(=O)OCCCCCCCN(CCCO)CCCCCCCOC(=O)C(CCCCCC)CCCCCCCC. The second-order valence-electron chi connectivity index (χ2n) is 17.0. The van der Waals surface area contributed by atoms with Gasteiger partial charge in [-0.15, -0.1) is 0 Å². The highest BCUT2D eigenvalue weighted by Crippen LogP contribution is 2.22.